The van der Waals surface area contributed by atoms with Crippen LogP contribution in [0.25, 0.3) is 10.2 Å². The number of hydrogen-bond acceptors (Lipinski definition) is 6. The average molecular weight is 403 g/mol. The summed E-state index contributed by atoms with van der Waals surface area (Å²) in [5, 5.41) is 3.77. The summed E-state index contributed by atoms with van der Waals surface area (Å²) in [4.78, 5) is 23.8. The second kappa shape index (κ2) is 7.09. The zero-order valence-corrected chi connectivity index (χ0v) is 16.6. The molecule has 0 spiro atoms. The Bertz CT molecular complexity index is 1010. The van der Waals surface area contributed by atoms with Crippen molar-refractivity contribution in [2.75, 3.05) is 5.73 Å². The molecule has 0 radical (unpaired) electrons. The van der Waals surface area contributed by atoms with Crippen molar-refractivity contribution < 1.29 is 9.18 Å². The maximum Gasteiger partial charge on any atom is 0.238 e. The molecule has 27 heavy (non-hydrogen) atoms. The summed E-state index contributed by atoms with van der Waals surface area (Å²) in [5.41, 5.74) is 7.96. The summed E-state index contributed by atoms with van der Waals surface area (Å²) in [6.07, 6.45) is 1.99. The zero-order valence-electron chi connectivity index (χ0n) is 15.0. The van der Waals surface area contributed by atoms with Crippen molar-refractivity contribution >= 4 is 45.0 Å². The van der Waals surface area contributed by atoms with Crippen molar-refractivity contribution in [3.8, 4) is 0 Å². The van der Waals surface area contributed by atoms with Crippen LogP contribution in [-0.4, -0.2) is 21.9 Å². The Kier molecular flexibility index (Phi) is 4.77. The van der Waals surface area contributed by atoms with Crippen molar-refractivity contribution in [1.29, 1.82) is 0 Å². The van der Waals surface area contributed by atoms with Crippen LogP contribution in [0.5, 0.6) is 0 Å². The van der Waals surface area contributed by atoms with Crippen LogP contribution in [0.3, 0.4) is 0 Å². The standard InChI is InChI=1S/C19H19FN4OS2/c1-9-10(2)26-18-14(9)16(21)23-19(24-18)27-15(17(25)22-13-7-8-13)11-3-5-12(20)6-4-11/h3-6,13,15H,7-8H2,1-2H3,(H,22,25)(H2,21,23,24)/t15-/m0/s1. The highest BCUT2D eigenvalue weighted by Crippen LogP contribution is 2.38. The van der Waals surface area contributed by atoms with Gasteiger partial charge in [-0.15, -0.1) is 11.3 Å². The van der Waals surface area contributed by atoms with E-state index in [2.05, 4.69) is 15.3 Å². The molecule has 0 aliphatic heterocycles. The Hall–Kier alpha value is -2.19. The second-order valence-electron chi connectivity index (χ2n) is 6.69. The maximum atomic E-state index is 13.3. The smallest absolute Gasteiger partial charge is 0.238 e. The van der Waals surface area contributed by atoms with Gasteiger partial charge in [0.15, 0.2) is 5.16 Å². The first-order valence-electron chi connectivity index (χ1n) is 8.68. The quantitative estimate of drug-likeness (QED) is 0.495. The number of anilines is 1. The second-order valence-corrected chi connectivity index (χ2v) is 8.96. The molecule has 1 aliphatic rings. The van der Waals surface area contributed by atoms with E-state index in [9.17, 15) is 9.18 Å². The summed E-state index contributed by atoms with van der Waals surface area (Å²) in [5.74, 6) is -0.0312. The first-order chi connectivity index (χ1) is 12.9. The topological polar surface area (TPSA) is 80.9 Å². The molecule has 0 bridgehead atoms. The summed E-state index contributed by atoms with van der Waals surface area (Å²) >= 11 is 2.81. The average Bonchev–Trinajstić information content (AvgIpc) is 3.38. The van der Waals surface area contributed by atoms with Gasteiger partial charge in [0.2, 0.25) is 5.91 Å². The van der Waals surface area contributed by atoms with E-state index in [1.54, 1.807) is 23.5 Å². The summed E-state index contributed by atoms with van der Waals surface area (Å²) in [6, 6.07) is 6.20. The van der Waals surface area contributed by atoms with Gasteiger partial charge < -0.3 is 11.1 Å². The van der Waals surface area contributed by atoms with Gasteiger partial charge in [0.05, 0.1) is 5.39 Å². The molecular weight excluding hydrogens is 383 g/mol. The van der Waals surface area contributed by atoms with Crippen molar-refractivity contribution in [1.82, 2.24) is 15.3 Å². The van der Waals surface area contributed by atoms with E-state index in [1.165, 1.54) is 23.9 Å². The number of aromatic nitrogens is 2. The van der Waals surface area contributed by atoms with Gasteiger partial charge in [0.1, 0.15) is 21.7 Å². The van der Waals surface area contributed by atoms with E-state index in [-0.39, 0.29) is 17.8 Å². The number of amides is 1. The molecule has 1 aliphatic carbocycles. The van der Waals surface area contributed by atoms with Gasteiger partial charge >= 0.3 is 0 Å². The summed E-state index contributed by atoms with van der Waals surface area (Å²) in [7, 11) is 0. The number of nitrogen functional groups attached to an aromatic ring is 1. The lowest BCUT2D eigenvalue weighted by atomic mass is 10.1. The van der Waals surface area contributed by atoms with Crippen LogP contribution in [0.1, 0.15) is 34.1 Å². The molecule has 1 saturated carbocycles. The Morgan fingerprint density at radius 1 is 1.30 bits per heavy atom. The molecule has 2 aromatic heterocycles. The largest absolute Gasteiger partial charge is 0.383 e. The Balaban J connectivity index is 1.69. The van der Waals surface area contributed by atoms with Gasteiger partial charge in [-0.3, -0.25) is 4.79 Å². The van der Waals surface area contributed by atoms with Gasteiger partial charge in [0, 0.05) is 10.9 Å². The highest BCUT2D eigenvalue weighted by molar-refractivity contribution is 8.00. The summed E-state index contributed by atoms with van der Waals surface area (Å²) < 4.78 is 13.3. The van der Waals surface area contributed by atoms with Gasteiger partial charge in [-0.2, -0.15) is 0 Å². The summed E-state index contributed by atoms with van der Waals surface area (Å²) in [6.45, 7) is 4.03. The van der Waals surface area contributed by atoms with Crippen LogP contribution in [0.4, 0.5) is 10.2 Å². The lowest BCUT2D eigenvalue weighted by molar-refractivity contribution is -0.120. The van der Waals surface area contributed by atoms with Crippen LogP contribution in [0.15, 0.2) is 29.4 Å². The highest BCUT2D eigenvalue weighted by atomic mass is 32.2. The molecule has 3 N–H and O–H groups in total. The van der Waals surface area contributed by atoms with Crippen LogP contribution >= 0.6 is 23.1 Å². The number of carbonyl (C=O) groups is 1. The molecule has 1 atom stereocenters. The van der Waals surface area contributed by atoms with Crippen molar-refractivity contribution in [3.63, 3.8) is 0 Å². The van der Waals surface area contributed by atoms with Gasteiger partial charge in [0.25, 0.3) is 0 Å². The Morgan fingerprint density at radius 3 is 2.67 bits per heavy atom. The highest BCUT2D eigenvalue weighted by Gasteiger charge is 2.30. The maximum absolute atomic E-state index is 13.3. The molecule has 0 saturated heterocycles. The number of thioether (sulfide) groups is 1. The van der Waals surface area contributed by atoms with E-state index in [0.29, 0.717) is 16.5 Å². The van der Waals surface area contributed by atoms with Crippen LogP contribution in [-0.2, 0) is 4.79 Å². The Labute approximate surface area is 164 Å². The van der Waals surface area contributed by atoms with Crippen LogP contribution < -0.4 is 11.1 Å². The molecular formula is C19H19FN4OS2. The van der Waals surface area contributed by atoms with E-state index in [4.69, 9.17) is 5.73 Å². The molecule has 5 nitrogen and oxygen atoms in total. The third kappa shape index (κ3) is 3.77. The molecule has 1 aromatic carbocycles. The Morgan fingerprint density at radius 2 is 2.00 bits per heavy atom. The first kappa shape index (κ1) is 18.2. The minimum absolute atomic E-state index is 0.116. The number of benzene rings is 1. The van der Waals surface area contributed by atoms with E-state index < -0.39 is 5.25 Å². The molecule has 8 heteroatoms. The molecule has 1 amide bonds. The fourth-order valence-corrected chi connectivity index (χ4v) is 4.90. The van der Waals surface area contributed by atoms with Gasteiger partial charge in [-0.1, -0.05) is 23.9 Å². The number of fused-ring (bicyclic) bond motifs is 1. The third-order valence-electron chi connectivity index (χ3n) is 4.59. The number of hydrogen-bond donors (Lipinski definition) is 2. The number of rotatable bonds is 5. The SMILES string of the molecule is Cc1sc2nc(S[C@H](C(=O)NC3CC3)c3ccc(F)cc3)nc(N)c2c1C. The predicted octanol–water partition coefficient (Wildman–Crippen LogP) is 4.14. The van der Waals surface area contributed by atoms with Crippen LogP contribution in [0.2, 0.25) is 0 Å². The number of carbonyl (C=O) groups excluding carboxylic acids is 1. The number of nitrogens with two attached hydrogens (primary N) is 1. The van der Waals surface area contributed by atoms with Crippen molar-refractivity contribution in [2.45, 2.75) is 43.1 Å². The number of nitrogens with zero attached hydrogens (tertiary/aromatic N) is 2. The number of halogens is 1. The molecule has 3 aromatic rings. The van der Waals surface area contributed by atoms with Crippen molar-refractivity contribution in [3.05, 3.63) is 46.1 Å². The van der Waals surface area contributed by atoms with E-state index in [1.807, 2.05) is 13.8 Å². The van der Waals surface area contributed by atoms with Crippen LogP contribution in [0, 0.1) is 19.7 Å². The molecule has 0 unspecified atom stereocenters. The number of aryl methyl sites for hydroxylation is 2. The third-order valence-corrected chi connectivity index (χ3v) is 6.81. The monoisotopic (exact) mass is 402 g/mol. The predicted molar refractivity (Wildman–Crippen MR) is 107 cm³/mol. The van der Waals surface area contributed by atoms with Crippen molar-refractivity contribution in [2.24, 2.45) is 0 Å². The fourth-order valence-electron chi connectivity index (χ4n) is 2.83. The normalized spacial score (nSPS) is 15.1. The minimum Gasteiger partial charge on any atom is -0.383 e. The van der Waals surface area contributed by atoms with E-state index >= 15 is 0 Å². The van der Waals surface area contributed by atoms with E-state index in [0.717, 1.165) is 33.5 Å². The lowest BCUT2D eigenvalue weighted by Crippen LogP contribution is -2.29. The fraction of sp³-hybridized carbons (Fsp3) is 0.316. The molecule has 2 heterocycles. The first-order valence-corrected chi connectivity index (χ1v) is 10.4. The molecule has 4 rings (SSSR count). The molecule has 140 valence electrons. The molecule has 1 fully saturated rings. The van der Waals surface area contributed by atoms with Gasteiger partial charge in [-0.25, -0.2) is 14.4 Å². The minimum atomic E-state index is -0.565. The lowest BCUT2D eigenvalue weighted by Gasteiger charge is -2.16. The number of nitrogens with one attached hydrogen (secondary N) is 1. The van der Waals surface area contributed by atoms with Gasteiger partial charge in [-0.05, 0) is 49.9 Å². The zero-order chi connectivity index (χ0) is 19.1. The number of thiophene rings is 1.